The zero-order valence-corrected chi connectivity index (χ0v) is 12.8. The average Bonchev–Trinajstić information content (AvgIpc) is 2.42. The maximum Gasteiger partial charge on any atom is 0.317 e. The molecule has 116 valence electrons. The number of likely N-dealkylation sites (tertiary alicyclic amines) is 1. The summed E-state index contributed by atoms with van der Waals surface area (Å²) in [5.41, 5.74) is 0. The van der Waals surface area contributed by atoms with Crippen molar-refractivity contribution in [3.63, 3.8) is 0 Å². The molecule has 0 bridgehead atoms. The van der Waals surface area contributed by atoms with Crippen LogP contribution in [0.5, 0.6) is 0 Å². The summed E-state index contributed by atoms with van der Waals surface area (Å²) in [6.07, 6.45) is 3.34. The number of hydrogen-bond donors (Lipinski definition) is 2. The lowest BCUT2D eigenvalue weighted by molar-refractivity contribution is -0.141. The van der Waals surface area contributed by atoms with Gasteiger partial charge in [0.1, 0.15) is 0 Å². The number of nitrogens with one attached hydrogen (secondary N) is 1. The highest BCUT2D eigenvalue weighted by molar-refractivity contribution is 5.76. The lowest BCUT2D eigenvalue weighted by Crippen LogP contribution is -2.49. The molecule has 1 rings (SSSR count). The van der Waals surface area contributed by atoms with Crippen molar-refractivity contribution in [3.8, 4) is 0 Å². The number of rotatable bonds is 6. The number of amides is 2. The Morgan fingerprint density at radius 1 is 1.35 bits per heavy atom. The van der Waals surface area contributed by atoms with Gasteiger partial charge in [0, 0.05) is 25.7 Å². The molecule has 1 aliphatic heterocycles. The van der Waals surface area contributed by atoms with Crippen molar-refractivity contribution in [1.82, 2.24) is 15.1 Å². The maximum atomic E-state index is 12.0. The molecule has 20 heavy (non-hydrogen) atoms. The Bertz CT molecular complexity index is 326. The maximum absolute atomic E-state index is 12.0. The topological polar surface area (TPSA) is 72.9 Å². The minimum atomic E-state index is -0.835. The molecule has 0 radical (unpaired) electrons. The van der Waals surface area contributed by atoms with Crippen molar-refractivity contribution in [2.75, 3.05) is 33.7 Å². The number of urea groups is 1. The monoisotopic (exact) mass is 285 g/mol. The minimum absolute atomic E-state index is 0.135. The van der Waals surface area contributed by atoms with Gasteiger partial charge >= 0.3 is 12.0 Å². The summed E-state index contributed by atoms with van der Waals surface area (Å²) in [6.45, 7) is 3.64. The summed E-state index contributed by atoms with van der Waals surface area (Å²) in [5, 5.41) is 11.8. The van der Waals surface area contributed by atoms with Gasteiger partial charge in [-0.15, -0.1) is 0 Å². The van der Waals surface area contributed by atoms with Crippen LogP contribution >= 0.6 is 0 Å². The first kappa shape index (κ1) is 16.8. The Hall–Kier alpha value is -1.30. The second-order valence-corrected chi connectivity index (χ2v) is 5.69. The Morgan fingerprint density at radius 2 is 1.95 bits per heavy atom. The van der Waals surface area contributed by atoms with Crippen LogP contribution in [0.2, 0.25) is 0 Å². The van der Waals surface area contributed by atoms with Crippen molar-refractivity contribution >= 4 is 12.0 Å². The van der Waals surface area contributed by atoms with E-state index in [1.165, 1.54) is 0 Å². The number of hydrogen-bond acceptors (Lipinski definition) is 3. The van der Waals surface area contributed by atoms with Gasteiger partial charge in [0.15, 0.2) is 0 Å². The zero-order valence-electron chi connectivity index (χ0n) is 12.8. The molecule has 1 aliphatic rings. The largest absolute Gasteiger partial charge is 0.481 e. The van der Waals surface area contributed by atoms with E-state index in [-0.39, 0.29) is 12.6 Å². The number of nitrogens with zero attached hydrogens (tertiary/aromatic N) is 2. The van der Waals surface area contributed by atoms with Crippen LogP contribution in [0.3, 0.4) is 0 Å². The predicted molar refractivity (Wildman–Crippen MR) is 77.7 cm³/mol. The second-order valence-electron chi connectivity index (χ2n) is 5.69. The smallest absolute Gasteiger partial charge is 0.317 e. The fourth-order valence-electron chi connectivity index (χ4n) is 2.57. The van der Waals surface area contributed by atoms with Crippen LogP contribution in [0.25, 0.3) is 0 Å². The molecule has 0 aromatic heterocycles. The highest BCUT2D eigenvalue weighted by Gasteiger charge is 2.25. The Labute approximate surface area is 121 Å². The lowest BCUT2D eigenvalue weighted by Gasteiger charge is -2.35. The lowest BCUT2D eigenvalue weighted by atomic mass is 10.0. The van der Waals surface area contributed by atoms with Crippen molar-refractivity contribution in [2.45, 2.75) is 38.6 Å². The third-order valence-electron chi connectivity index (χ3n) is 3.97. The third-order valence-corrected chi connectivity index (χ3v) is 3.97. The number of aliphatic carboxylic acids is 1. The molecule has 6 heteroatoms. The van der Waals surface area contributed by atoms with E-state index in [9.17, 15) is 9.59 Å². The minimum Gasteiger partial charge on any atom is -0.481 e. The van der Waals surface area contributed by atoms with Crippen molar-refractivity contribution in [3.05, 3.63) is 0 Å². The van der Waals surface area contributed by atoms with Gasteiger partial charge in [-0.1, -0.05) is 13.3 Å². The molecular weight excluding hydrogens is 258 g/mol. The molecule has 1 fully saturated rings. The molecule has 0 saturated carbocycles. The van der Waals surface area contributed by atoms with Crippen LogP contribution < -0.4 is 5.32 Å². The van der Waals surface area contributed by atoms with E-state index in [4.69, 9.17) is 5.11 Å². The summed E-state index contributed by atoms with van der Waals surface area (Å²) in [6, 6.07) is 0.399. The molecule has 2 amide bonds. The standard InChI is InChI=1S/C14H27N3O3/c1-4-5-11(13(18)19)10-15-14(20)17-8-6-12(7-9-17)16(2)3/h11-12H,4-10H2,1-3H3,(H,15,20)(H,18,19). The number of carboxylic acids is 1. The van der Waals surface area contributed by atoms with Crippen LogP contribution in [0.1, 0.15) is 32.6 Å². The number of carbonyl (C=O) groups excluding carboxylic acids is 1. The summed E-state index contributed by atoms with van der Waals surface area (Å²) < 4.78 is 0. The molecule has 0 spiro atoms. The quantitative estimate of drug-likeness (QED) is 0.769. The molecule has 0 aliphatic carbocycles. The van der Waals surface area contributed by atoms with Crippen LogP contribution in [0.15, 0.2) is 0 Å². The Morgan fingerprint density at radius 3 is 2.40 bits per heavy atom. The number of carboxylic acid groups (broad SMARTS) is 1. The summed E-state index contributed by atoms with van der Waals surface area (Å²) in [4.78, 5) is 27.0. The normalized spacial score (nSPS) is 18.1. The van der Waals surface area contributed by atoms with Gasteiger partial charge in [-0.05, 0) is 33.4 Å². The first-order valence-corrected chi connectivity index (χ1v) is 7.37. The highest BCUT2D eigenvalue weighted by atomic mass is 16.4. The molecule has 1 unspecified atom stereocenters. The molecule has 0 aromatic rings. The van der Waals surface area contributed by atoms with Gasteiger partial charge in [0.05, 0.1) is 5.92 Å². The molecule has 1 heterocycles. The van der Waals surface area contributed by atoms with Gasteiger partial charge in [-0.2, -0.15) is 0 Å². The van der Waals surface area contributed by atoms with E-state index in [0.717, 1.165) is 32.4 Å². The first-order chi connectivity index (χ1) is 9.45. The van der Waals surface area contributed by atoms with Gasteiger partial charge in [0.2, 0.25) is 0 Å². The van der Waals surface area contributed by atoms with E-state index in [1.54, 1.807) is 4.90 Å². The van der Waals surface area contributed by atoms with E-state index in [0.29, 0.717) is 12.5 Å². The number of carbonyl (C=O) groups is 2. The molecule has 1 saturated heterocycles. The highest BCUT2D eigenvalue weighted by Crippen LogP contribution is 2.14. The van der Waals surface area contributed by atoms with Crippen LogP contribution in [0.4, 0.5) is 4.79 Å². The van der Waals surface area contributed by atoms with Crippen molar-refractivity contribution < 1.29 is 14.7 Å². The molecule has 6 nitrogen and oxygen atoms in total. The van der Waals surface area contributed by atoms with Crippen LogP contribution in [-0.2, 0) is 4.79 Å². The van der Waals surface area contributed by atoms with Crippen molar-refractivity contribution in [2.24, 2.45) is 5.92 Å². The summed E-state index contributed by atoms with van der Waals surface area (Å²) >= 11 is 0. The predicted octanol–water partition coefficient (Wildman–Crippen LogP) is 1.22. The van der Waals surface area contributed by atoms with E-state index in [2.05, 4.69) is 24.3 Å². The molecule has 0 aromatic carbocycles. The van der Waals surface area contributed by atoms with Crippen LogP contribution in [-0.4, -0.2) is 66.7 Å². The zero-order chi connectivity index (χ0) is 15.1. The van der Waals surface area contributed by atoms with E-state index in [1.807, 2.05) is 6.92 Å². The molecular formula is C14H27N3O3. The van der Waals surface area contributed by atoms with E-state index >= 15 is 0 Å². The molecule has 2 N–H and O–H groups in total. The van der Waals surface area contributed by atoms with Gasteiger partial charge in [0.25, 0.3) is 0 Å². The number of piperidine rings is 1. The summed E-state index contributed by atoms with van der Waals surface area (Å²) in [7, 11) is 4.12. The fraction of sp³-hybridized carbons (Fsp3) is 0.857. The first-order valence-electron chi connectivity index (χ1n) is 7.37. The van der Waals surface area contributed by atoms with Crippen LogP contribution in [0, 0.1) is 5.92 Å². The van der Waals surface area contributed by atoms with E-state index < -0.39 is 11.9 Å². The third kappa shape index (κ3) is 5.00. The van der Waals surface area contributed by atoms with Gasteiger partial charge in [-0.3, -0.25) is 4.79 Å². The summed E-state index contributed by atoms with van der Waals surface area (Å²) in [5.74, 6) is -1.32. The fourth-order valence-corrected chi connectivity index (χ4v) is 2.57. The SMILES string of the molecule is CCCC(CNC(=O)N1CCC(N(C)C)CC1)C(=O)O. The van der Waals surface area contributed by atoms with Gasteiger partial charge in [-0.25, -0.2) is 4.79 Å². The Kier molecular flexibility index (Phi) is 6.78. The molecule has 1 atom stereocenters. The average molecular weight is 285 g/mol. The Balaban J connectivity index is 2.35. The second kappa shape index (κ2) is 8.09. The van der Waals surface area contributed by atoms with Crippen molar-refractivity contribution in [1.29, 1.82) is 0 Å². The van der Waals surface area contributed by atoms with Gasteiger partial charge < -0.3 is 20.2 Å².